The van der Waals surface area contributed by atoms with Crippen molar-refractivity contribution in [3.05, 3.63) is 30.2 Å². The van der Waals surface area contributed by atoms with Gasteiger partial charge in [0.1, 0.15) is 29.7 Å². The Labute approximate surface area is 176 Å². The maximum atomic E-state index is 12.1. The summed E-state index contributed by atoms with van der Waals surface area (Å²) in [6, 6.07) is 1.82. The summed E-state index contributed by atoms with van der Waals surface area (Å²) in [5.74, 6) is -1.48. The summed E-state index contributed by atoms with van der Waals surface area (Å²) in [4.78, 5) is 23.8. The van der Waals surface area contributed by atoms with Crippen molar-refractivity contribution in [2.45, 2.75) is 70.9 Å². The Morgan fingerprint density at radius 1 is 1.23 bits per heavy atom. The normalized spacial score (nSPS) is 39.3. The van der Waals surface area contributed by atoms with Crippen LogP contribution < -0.4 is 0 Å². The number of rotatable bonds is 2. The van der Waals surface area contributed by atoms with Gasteiger partial charge in [-0.1, -0.05) is 20.4 Å². The lowest BCUT2D eigenvalue weighted by atomic mass is 9.46. The van der Waals surface area contributed by atoms with Crippen molar-refractivity contribution in [1.29, 1.82) is 0 Å². The monoisotopic (exact) mass is 418 g/mol. The van der Waals surface area contributed by atoms with Crippen LogP contribution in [-0.4, -0.2) is 46.1 Å². The van der Waals surface area contributed by atoms with Crippen molar-refractivity contribution < 1.29 is 33.7 Å². The summed E-state index contributed by atoms with van der Waals surface area (Å²) in [6.45, 7) is 10.7. The number of carbonyl (C=O) groups excluding carboxylic acids is 2. The van der Waals surface area contributed by atoms with Crippen LogP contribution in [0.3, 0.4) is 0 Å². The highest BCUT2D eigenvalue weighted by atomic mass is 16.6. The minimum Gasteiger partial charge on any atom is -0.469 e. The molecule has 3 aliphatic rings. The molecule has 0 aliphatic heterocycles. The van der Waals surface area contributed by atoms with Crippen LogP contribution in [0.25, 0.3) is 5.57 Å². The fourth-order valence-electron chi connectivity index (χ4n) is 6.29. The molecule has 0 bridgehead atoms. The second kappa shape index (κ2) is 6.95. The van der Waals surface area contributed by atoms with Crippen LogP contribution in [0.4, 0.5) is 0 Å². The van der Waals surface area contributed by atoms with Crippen molar-refractivity contribution in [2.75, 3.05) is 0 Å². The molecule has 7 atom stereocenters. The third-order valence-electron chi connectivity index (χ3n) is 7.62. The number of esters is 2. The van der Waals surface area contributed by atoms with E-state index in [4.69, 9.17) is 13.9 Å². The first kappa shape index (κ1) is 21.1. The van der Waals surface area contributed by atoms with Crippen molar-refractivity contribution in [2.24, 2.45) is 23.2 Å². The van der Waals surface area contributed by atoms with E-state index in [1.165, 1.54) is 13.8 Å². The molecule has 2 fully saturated rings. The number of hydrogen-bond donors (Lipinski definition) is 2. The molecule has 2 N–H and O–H groups in total. The van der Waals surface area contributed by atoms with Crippen molar-refractivity contribution in [3.8, 4) is 0 Å². The fourth-order valence-corrected chi connectivity index (χ4v) is 6.29. The summed E-state index contributed by atoms with van der Waals surface area (Å²) in [7, 11) is 0. The third kappa shape index (κ3) is 2.86. The first-order valence-electron chi connectivity index (χ1n) is 10.5. The van der Waals surface area contributed by atoms with Gasteiger partial charge in [-0.15, -0.1) is 0 Å². The number of hydrogen-bond acceptors (Lipinski definition) is 7. The molecule has 7 unspecified atom stereocenters. The number of aliphatic hydroxyl groups is 2. The zero-order valence-corrected chi connectivity index (χ0v) is 17.9. The number of ether oxygens (including phenoxy) is 2. The Morgan fingerprint density at radius 3 is 2.53 bits per heavy atom. The Hall–Kier alpha value is -2.12. The van der Waals surface area contributed by atoms with Gasteiger partial charge < -0.3 is 24.1 Å². The lowest BCUT2D eigenvalue weighted by Crippen LogP contribution is -2.74. The van der Waals surface area contributed by atoms with Crippen molar-refractivity contribution >= 4 is 17.5 Å². The van der Waals surface area contributed by atoms with Gasteiger partial charge >= 0.3 is 11.9 Å². The van der Waals surface area contributed by atoms with Gasteiger partial charge in [-0.2, -0.15) is 0 Å². The van der Waals surface area contributed by atoms with E-state index >= 15 is 0 Å². The molecular weight excluding hydrogens is 388 g/mol. The number of carbonyl (C=O) groups is 2. The van der Waals surface area contributed by atoms with E-state index in [2.05, 4.69) is 6.58 Å². The van der Waals surface area contributed by atoms with E-state index < -0.39 is 53.1 Å². The van der Waals surface area contributed by atoms with Gasteiger partial charge in [0.15, 0.2) is 0 Å². The van der Waals surface area contributed by atoms with E-state index in [-0.39, 0.29) is 5.92 Å². The fraction of sp³-hybridized carbons (Fsp3) is 0.652. The van der Waals surface area contributed by atoms with Crippen LogP contribution in [0, 0.1) is 23.2 Å². The number of aliphatic hydroxyl groups excluding tert-OH is 1. The van der Waals surface area contributed by atoms with E-state index in [0.29, 0.717) is 24.8 Å². The lowest BCUT2D eigenvalue weighted by molar-refractivity contribution is -0.292. The van der Waals surface area contributed by atoms with Gasteiger partial charge in [0, 0.05) is 37.7 Å². The second-order valence-corrected chi connectivity index (χ2v) is 9.62. The van der Waals surface area contributed by atoms with Gasteiger partial charge in [-0.05, 0) is 35.8 Å². The van der Waals surface area contributed by atoms with Crippen LogP contribution in [0.2, 0.25) is 0 Å². The second-order valence-electron chi connectivity index (χ2n) is 9.62. The molecule has 2 saturated carbocycles. The average Bonchev–Trinajstić information content (AvgIpc) is 3.10. The summed E-state index contributed by atoms with van der Waals surface area (Å²) < 4.78 is 16.9. The molecule has 1 aromatic heterocycles. The molecule has 0 aromatic carbocycles. The molecule has 0 amide bonds. The maximum Gasteiger partial charge on any atom is 0.303 e. The first-order valence-corrected chi connectivity index (χ1v) is 10.5. The average molecular weight is 418 g/mol. The van der Waals surface area contributed by atoms with Crippen LogP contribution in [0.1, 0.15) is 51.9 Å². The molecule has 164 valence electrons. The standard InChI is InChI=1S/C23H30O7/c1-11-14-7-9-28-17(14)10-15-18(11)20(30-13(3)25)21(26)23(27)19(15)16(29-12(2)24)6-8-22(23,4)5/h7,9,15-16,18-21,26-27H,1,6,8,10H2,2-5H3. The Kier molecular flexibility index (Phi) is 4.90. The summed E-state index contributed by atoms with van der Waals surface area (Å²) in [5, 5.41) is 23.6. The van der Waals surface area contributed by atoms with Crippen LogP contribution in [0.15, 0.2) is 23.3 Å². The van der Waals surface area contributed by atoms with E-state index in [0.717, 1.165) is 11.3 Å². The first-order chi connectivity index (χ1) is 14.0. The number of fused-ring (bicyclic) bond motifs is 4. The molecule has 7 nitrogen and oxygen atoms in total. The predicted molar refractivity (Wildman–Crippen MR) is 107 cm³/mol. The summed E-state index contributed by atoms with van der Waals surface area (Å²) in [6.07, 6.45) is 0.302. The summed E-state index contributed by atoms with van der Waals surface area (Å²) >= 11 is 0. The largest absolute Gasteiger partial charge is 0.469 e. The minimum absolute atomic E-state index is 0.280. The molecular formula is C23H30O7. The van der Waals surface area contributed by atoms with Gasteiger partial charge in [-0.25, -0.2) is 0 Å². The lowest BCUT2D eigenvalue weighted by Gasteiger charge is -2.64. The van der Waals surface area contributed by atoms with Crippen LogP contribution in [-0.2, 0) is 25.5 Å². The molecule has 1 aromatic rings. The van der Waals surface area contributed by atoms with Gasteiger partial charge in [-0.3, -0.25) is 9.59 Å². The van der Waals surface area contributed by atoms with Gasteiger partial charge in [0.05, 0.1) is 6.26 Å². The third-order valence-corrected chi connectivity index (χ3v) is 7.62. The zero-order chi connectivity index (χ0) is 22.0. The van der Waals surface area contributed by atoms with Crippen LogP contribution >= 0.6 is 0 Å². The highest BCUT2D eigenvalue weighted by Crippen LogP contribution is 2.61. The van der Waals surface area contributed by atoms with E-state index in [1.807, 2.05) is 19.9 Å². The molecule has 0 saturated heterocycles. The van der Waals surface area contributed by atoms with Crippen molar-refractivity contribution in [1.82, 2.24) is 0 Å². The maximum absolute atomic E-state index is 12.1. The quantitative estimate of drug-likeness (QED) is 0.711. The van der Waals surface area contributed by atoms with E-state index in [1.54, 1.807) is 6.26 Å². The Bertz CT molecular complexity index is 884. The Morgan fingerprint density at radius 2 is 1.90 bits per heavy atom. The van der Waals surface area contributed by atoms with Crippen molar-refractivity contribution in [3.63, 3.8) is 0 Å². The molecule has 4 rings (SSSR count). The zero-order valence-electron chi connectivity index (χ0n) is 17.9. The van der Waals surface area contributed by atoms with E-state index in [9.17, 15) is 19.8 Å². The minimum atomic E-state index is -1.63. The smallest absolute Gasteiger partial charge is 0.303 e. The molecule has 0 radical (unpaired) electrons. The molecule has 30 heavy (non-hydrogen) atoms. The van der Waals surface area contributed by atoms with Gasteiger partial charge in [0.25, 0.3) is 0 Å². The highest BCUT2D eigenvalue weighted by Gasteiger charge is 2.69. The molecule has 1 heterocycles. The molecule has 0 spiro atoms. The summed E-state index contributed by atoms with van der Waals surface area (Å²) in [5.41, 5.74) is -0.781. The Balaban J connectivity index is 1.89. The predicted octanol–water partition coefficient (Wildman–Crippen LogP) is 2.49. The topological polar surface area (TPSA) is 106 Å². The SMILES string of the molecule is C=C1c2ccoc2CC2C1C(OC(C)=O)C(O)C1(O)C2C(OC(C)=O)CCC1(C)C. The van der Waals surface area contributed by atoms with Crippen LogP contribution in [0.5, 0.6) is 0 Å². The van der Waals surface area contributed by atoms with Gasteiger partial charge in [0.2, 0.25) is 0 Å². The molecule has 3 aliphatic carbocycles. The number of furan rings is 1. The highest BCUT2D eigenvalue weighted by molar-refractivity contribution is 5.72. The molecule has 7 heteroatoms.